The van der Waals surface area contributed by atoms with Crippen molar-refractivity contribution in [1.29, 1.82) is 0 Å². The van der Waals surface area contributed by atoms with E-state index in [1.807, 2.05) is 56.3 Å². The van der Waals surface area contributed by atoms with Crippen molar-refractivity contribution >= 4 is 16.7 Å². The number of nitrogens with one attached hydrogen (secondary N) is 1. The van der Waals surface area contributed by atoms with Crippen LogP contribution in [0.15, 0.2) is 48.5 Å². The topological polar surface area (TPSA) is 42.1 Å². The minimum atomic E-state index is 0.0198. The number of carbonyl (C=O) groups excluding carboxylic acids is 1. The number of ether oxygens (including phenoxy) is 1. The molecule has 0 aliphatic heterocycles. The van der Waals surface area contributed by atoms with Gasteiger partial charge in [-0.25, -0.2) is 0 Å². The van der Waals surface area contributed by atoms with Crippen molar-refractivity contribution < 1.29 is 9.53 Å². The number of hydrogen-bond donors (Lipinski definition) is 1. The van der Waals surface area contributed by atoms with Crippen LogP contribution >= 0.6 is 0 Å². The van der Waals surface area contributed by atoms with Gasteiger partial charge in [0.2, 0.25) is 0 Å². The van der Waals surface area contributed by atoms with E-state index < -0.39 is 0 Å². The molecule has 3 nitrogen and oxygen atoms in total. The van der Waals surface area contributed by atoms with Crippen molar-refractivity contribution in [3.8, 4) is 17.0 Å². The highest BCUT2D eigenvalue weighted by molar-refractivity contribution is 5.98. The van der Waals surface area contributed by atoms with Crippen molar-refractivity contribution in [3.63, 3.8) is 0 Å². The molecule has 0 aliphatic carbocycles. The van der Waals surface area contributed by atoms with Crippen LogP contribution in [0.3, 0.4) is 0 Å². The third-order valence-corrected chi connectivity index (χ3v) is 3.83. The summed E-state index contributed by atoms with van der Waals surface area (Å²) >= 11 is 0. The van der Waals surface area contributed by atoms with Crippen molar-refractivity contribution in [2.24, 2.45) is 5.92 Å². The second-order valence-corrected chi connectivity index (χ2v) is 5.73. The number of aromatic nitrogens is 1. The molecule has 3 aromatic rings. The average molecular weight is 293 g/mol. The quantitative estimate of drug-likeness (QED) is 0.709. The summed E-state index contributed by atoms with van der Waals surface area (Å²) in [7, 11) is 1.67. The van der Waals surface area contributed by atoms with E-state index in [1.165, 1.54) is 0 Å². The standard InChI is InChI=1S/C19H19NO2/c1-12(2)19(21)14-6-4-13(5-7-14)18-11-15-10-16(22-3)8-9-17(15)20-18/h4-12,20H,1-3H3. The van der Waals surface area contributed by atoms with Crippen LogP contribution in [0.1, 0.15) is 24.2 Å². The second-order valence-electron chi connectivity index (χ2n) is 5.73. The van der Waals surface area contributed by atoms with Crippen LogP contribution in [-0.2, 0) is 0 Å². The number of ketones is 1. The predicted octanol–water partition coefficient (Wildman–Crippen LogP) is 4.68. The lowest BCUT2D eigenvalue weighted by atomic mass is 9.99. The Bertz CT molecular complexity index is 813. The van der Waals surface area contributed by atoms with Crippen LogP contribution in [0.25, 0.3) is 22.2 Å². The third kappa shape index (κ3) is 2.62. The van der Waals surface area contributed by atoms with Crippen LogP contribution in [0.4, 0.5) is 0 Å². The van der Waals surface area contributed by atoms with Gasteiger partial charge in [-0.05, 0) is 29.8 Å². The van der Waals surface area contributed by atoms with Gasteiger partial charge in [-0.3, -0.25) is 4.79 Å². The van der Waals surface area contributed by atoms with Gasteiger partial charge in [-0.15, -0.1) is 0 Å². The molecule has 0 fully saturated rings. The number of Topliss-reactive ketones (excluding diaryl/α,β-unsaturated/α-hetero) is 1. The van der Waals surface area contributed by atoms with Crippen molar-refractivity contribution in [1.82, 2.24) is 4.98 Å². The van der Waals surface area contributed by atoms with Gasteiger partial charge in [0.25, 0.3) is 0 Å². The van der Waals surface area contributed by atoms with E-state index in [0.29, 0.717) is 0 Å². The maximum atomic E-state index is 12.0. The molecule has 0 unspecified atom stereocenters. The highest BCUT2D eigenvalue weighted by atomic mass is 16.5. The number of aromatic amines is 1. The minimum Gasteiger partial charge on any atom is -0.497 e. The Morgan fingerprint density at radius 3 is 2.41 bits per heavy atom. The summed E-state index contributed by atoms with van der Waals surface area (Å²) in [4.78, 5) is 15.4. The lowest BCUT2D eigenvalue weighted by Gasteiger charge is -2.05. The molecule has 0 spiro atoms. The van der Waals surface area contributed by atoms with Gasteiger partial charge in [0.15, 0.2) is 5.78 Å². The van der Waals surface area contributed by atoms with Gasteiger partial charge < -0.3 is 9.72 Å². The third-order valence-electron chi connectivity index (χ3n) is 3.83. The number of hydrogen-bond acceptors (Lipinski definition) is 2. The summed E-state index contributed by atoms with van der Waals surface area (Å²) in [6.07, 6.45) is 0. The number of methoxy groups -OCH3 is 1. The zero-order valence-electron chi connectivity index (χ0n) is 13.0. The SMILES string of the molecule is COc1ccc2[nH]c(-c3ccc(C(=O)C(C)C)cc3)cc2c1. The number of carbonyl (C=O) groups is 1. The summed E-state index contributed by atoms with van der Waals surface area (Å²) in [6.45, 7) is 3.84. The number of H-pyrrole nitrogens is 1. The fourth-order valence-electron chi connectivity index (χ4n) is 2.54. The molecule has 0 atom stereocenters. The van der Waals surface area contributed by atoms with E-state index in [9.17, 15) is 4.79 Å². The molecule has 0 radical (unpaired) electrons. The molecule has 1 N–H and O–H groups in total. The Balaban J connectivity index is 1.95. The largest absolute Gasteiger partial charge is 0.497 e. The first-order valence-electron chi connectivity index (χ1n) is 7.40. The van der Waals surface area contributed by atoms with E-state index in [2.05, 4.69) is 11.1 Å². The van der Waals surface area contributed by atoms with Crippen LogP contribution in [0, 0.1) is 5.92 Å². The highest BCUT2D eigenvalue weighted by Crippen LogP contribution is 2.27. The molecule has 112 valence electrons. The molecule has 1 aromatic heterocycles. The fourth-order valence-corrected chi connectivity index (χ4v) is 2.54. The number of rotatable bonds is 4. The molecule has 0 bridgehead atoms. The van der Waals surface area contributed by atoms with Crippen LogP contribution < -0.4 is 4.74 Å². The van der Waals surface area contributed by atoms with Gasteiger partial charge in [-0.1, -0.05) is 38.1 Å². The van der Waals surface area contributed by atoms with E-state index >= 15 is 0 Å². The normalized spacial score (nSPS) is 11.1. The molecular formula is C19H19NO2. The van der Waals surface area contributed by atoms with Gasteiger partial charge in [0, 0.05) is 28.1 Å². The molecule has 1 heterocycles. The summed E-state index contributed by atoms with van der Waals surface area (Å²) in [5.41, 5.74) is 3.93. The molecule has 0 saturated carbocycles. The number of benzene rings is 2. The van der Waals surface area contributed by atoms with E-state index in [-0.39, 0.29) is 11.7 Å². The smallest absolute Gasteiger partial charge is 0.165 e. The maximum absolute atomic E-state index is 12.0. The Kier molecular flexibility index (Phi) is 3.72. The van der Waals surface area contributed by atoms with E-state index in [4.69, 9.17) is 4.74 Å². The minimum absolute atomic E-state index is 0.0198. The summed E-state index contributed by atoms with van der Waals surface area (Å²) < 4.78 is 5.25. The summed E-state index contributed by atoms with van der Waals surface area (Å²) in [5, 5.41) is 1.11. The van der Waals surface area contributed by atoms with Crippen molar-refractivity contribution in [2.45, 2.75) is 13.8 Å². The second kappa shape index (κ2) is 5.68. The first-order valence-corrected chi connectivity index (χ1v) is 7.40. The Morgan fingerprint density at radius 2 is 1.77 bits per heavy atom. The molecule has 22 heavy (non-hydrogen) atoms. The fraction of sp³-hybridized carbons (Fsp3) is 0.211. The lowest BCUT2D eigenvalue weighted by molar-refractivity contribution is 0.0939. The monoisotopic (exact) mass is 293 g/mol. The summed E-state index contributed by atoms with van der Waals surface area (Å²) in [5.74, 6) is 1.04. The van der Waals surface area contributed by atoms with Gasteiger partial charge >= 0.3 is 0 Å². The molecule has 0 aliphatic rings. The van der Waals surface area contributed by atoms with Crippen LogP contribution in [0.2, 0.25) is 0 Å². The van der Waals surface area contributed by atoms with Crippen molar-refractivity contribution in [3.05, 3.63) is 54.1 Å². The molecule has 3 rings (SSSR count). The first kappa shape index (κ1) is 14.4. The van der Waals surface area contributed by atoms with Crippen LogP contribution in [0.5, 0.6) is 5.75 Å². The maximum Gasteiger partial charge on any atom is 0.165 e. The lowest BCUT2D eigenvalue weighted by Crippen LogP contribution is -2.06. The molecule has 0 amide bonds. The molecule has 2 aromatic carbocycles. The number of fused-ring (bicyclic) bond motifs is 1. The Labute approximate surface area is 129 Å². The summed E-state index contributed by atoms with van der Waals surface area (Å²) in [6, 6.07) is 15.8. The van der Waals surface area contributed by atoms with Crippen LogP contribution in [-0.4, -0.2) is 17.9 Å². The van der Waals surface area contributed by atoms with Gasteiger partial charge in [0.1, 0.15) is 5.75 Å². The van der Waals surface area contributed by atoms with Gasteiger partial charge in [-0.2, -0.15) is 0 Å². The first-order chi connectivity index (χ1) is 10.6. The Morgan fingerprint density at radius 1 is 1.05 bits per heavy atom. The zero-order valence-corrected chi connectivity index (χ0v) is 13.0. The highest BCUT2D eigenvalue weighted by Gasteiger charge is 2.11. The molecule has 3 heteroatoms. The molecule has 0 saturated heterocycles. The molecular weight excluding hydrogens is 274 g/mol. The predicted molar refractivity (Wildman–Crippen MR) is 89.5 cm³/mol. The van der Waals surface area contributed by atoms with Gasteiger partial charge in [0.05, 0.1) is 7.11 Å². The zero-order chi connectivity index (χ0) is 15.7. The van der Waals surface area contributed by atoms with E-state index in [0.717, 1.165) is 33.5 Å². The average Bonchev–Trinajstić information content (AvgIpc) is 2.97. The van der Waals surface area contributed by atoms with Crippen molar-refractivity contribution in [2.75, 3.05) is 7.11 Å². The Hall–Kier alpha value is -2.55. The van der Waals surface area contributed by atoms with E-state index in [1.54, 1.807) is 7.11 Å².